The number of hydrogen-bond acceptors (Lipinski definition) is 23. The molecule has 12 N–H and O–H groups in total. The smallest absolute Gasteiger partial charge is 0.309 e. The van der Waals surface area contributed by atoms with Crippen molar-refractivity contribution in [3.05, 3.63) is 71.8 Å². The zero-order chi connectivity index (χ0) is 64.7. The Hall–Kier alpha value is -2.86. The number of carbonyl (C=O) groups excluding carboxylic acids is 3. The van der Waals surface area contributed by atoms with Gasteiger partial charge in [-0.25, -0.2) is 0 Å². The van der Waals surface area contributed by atoms with Gasteiger partial charge in [0.15, 0.2) is 0 Å². The number of thioether (sulfide) groups is 5. The first-order chi connectivity index (χ1) is 39.2. The maximum absolute atomic E-state index is 10.9. The molecule has 0 saturated heterocycles. The second kappa shape index (κ2) is 60.8. The van der Waals surface area contributed by atoms with Crippen molar-refractivity contribution in [3.8, 4) is 0 Å². The van der Waals surface area contributed by atoms with E-state index in [0.717, 1.165) is 24.3 Å². The summed E-state index contributed by atoms with van der Waals surface area (Å²) in [7, 11) is 4.06. The van der Waals surface area contributed by atoms with Crippen LogP contribution in [0.5, 0.6) is 0 Å². The molecule has 20 nitrogen and oxygen atoms in total. The van der Waals surface area contributed by atoms with Crippen LogP contribution in [0.25, 0.3) is 0 Å². The molecule has 0 heterocycles. The third kappa shape index (κ3) is 56.7. The highest BCUT2D eigenvalue weighted by atomic mass is 32.2. The topological polar surface area (TPSA) is 356 Å². The van der Waals surface area contributed by atoms with Gasteiger partial charge < -0.3 is 75.5 Å². The number of rotatable bonds is 34. The average Bonchev–Trinajstić information content (AvgIpc) is 3.50. The molecule has 0 fully saturated rings. The zero-order valence-electron chi connectivity index (χ0n) is 50.9. The van der Waals surface area contributed by atoms with E-state index >= 15 is 0 Å². The van der Waals surface area contributed by atoms with Crippen molar-refractivity contribution in [2.45, 2.75) is 118 Å². The summed E-state index contributed by atoms with van der Waals surface area (Å²) in [5, 5.41) is 104. The number of ether oxygens (including phenoxy) is 3. The van der Waals surface area contributed by atoms with Crippen LogP contribution in [0.1, 0.15) is 98.1 Å². The molecule has 0 aliphatic carbocycles. The van der Waals surface area contributed by atoms with Crippen LogP contribution in [0.2, 0.25) is 0 Å². The highest BCUT2D eigenvalue weighted by Crippen LogP contribution is 2.22. The van der Waals surface area contributed by atoms with Crippen LogP contribution in [0, 0.1) is 29.6 Å². The molecule has 0 bridgehead atoms. The van der Waals surface area contributed by atoms with Crippen molar-refractivity contribution in [2.24, 2.45) is 29.6 Å². The first-order valence-electron chi connectivity index (χ1n) is 27.3. The fraction of sp³-hybridized carbons (Fsp3) is 0.707. The molecule has 83 heavy (non-hydrogen) atoms. The highest BCUT2D eigenvalue weighted by Gasteiger charge is 2.16. The minimum atomic E-state index is -0.706. The largest absolute Gasteiger partial charge is 0.481 e. The molecule has 2 rings (SSSR count). The first kappa shape index (κ1) is 88.9. The molecule has 0 radical (unpaired) electrons. The number of hydrogen-bond donors (Lipinski definition) is 12. The number of methoxy groups -OCH3 is 3. The van der Waals surface area contributed by atoms with Crippen LogP contribution in [-0.4, -0.2) is 234 Å². The van der Waals surface area contributed by atoms with E-state index in [4.69, 9.17) is 51.1 Å². The van der Waals surface area contributed by atoms with Gasteiger partial charge in [-0.05, 0) is 47.3 Å². The Morgan fingerprint density at radius 2 is 0.566 bits per heavy atom. The van der Waals surface area contributed by atoms with Gasteiger partial charge in [0.05, 0.1) is 114 Å². The number of aliphatic hydroxyl groups is 10. The molecule has 0 spiro atoms. The van der Waals surface area contributed by atoms with Crippen molar-refractivity contribution < 1.29 is 99.5 Å². The number of esters is 3. The van der Waals surface area contributed by atoms with E-state index < -0.39 is 42.5 Å². The molecule has 0 saturated carbocycles. The Bertz CT molecular complexity index is 1660. The van der Waals surface area contributed by atoms with Gasteiger partial charge in [-0.15, -0.1) is 0 Å². The van der Waals surface area contributed by atoms with Gasteiger partial charge in [0.25, 0.3) is 0 Å². The molecule has 0 aliphatic heterocycles. The van der Waals surface area contributed by atoms with Gasteiger partial charge in [0.1, 0.15) is 0 Å². The lowest BCUT2D eigenvalue weighted by atomic mass is 10.0. The quantitative estimate of drug-likeness (QED) is 0.0298. The molecular weight excluding hydrogens is 1180 g/mol. The Kier molecular flexibility index (Phi) is 65.1. The monoisotopic (exact) mass is 1280 g/mol. The van der Waals surface area contributed by atoms with Crippen molar-refractivity contribution in [2.75, 3.05) is 112 Å². The van der Waals surface area contributed by atoms with Gasteiger partial charge in [0, 0.05) is 46.0 Å². The van der Waals surface area contributed by atoms with Crippen molar-refractivity contribution in [1.82, 2.24) is 0 Å². The lowest BCUT2D eigenvalue weighted by Crippen LogP contribution is -2.19. The van der Waals surface area contributed by atoms with Crippen LogP contribution >= 0.6 is 58.8 Å². The van der Waals surface area contributed by atoms with E-state index in [1.807, 2.05) is 50.2 Å². The Morgan fingerprint density at radius 3 is 0.723 bits per heavy atom. The Morgan fingerprint density at radius 1 is 0.361 bits per heavy atom. The summed E-state index contributed by atoms with van der Waals surface area (Å²) in [5.74, 6) is 4.26. The SMILES string of the molecule is CC(CSCC(O)CO)c1ccccc1.CC(CSCC(O)CO)c1ccccc1.CCC(C)C(=O)O.CCC(C)C(=O)O.COC(=O)C(C)CSCC(O)CO.COC(=O)C(C)CSCC(O)CO.COC(=O)C(C)CSCC(O)CO. The number of aliphatic hydroxyl groups excluding tert-OH is 10. The van der Waals surface area contributed by atoms with Crippen LogP contribution in [0.15, 0.2) is 60.7 Å². The molecule has 0 amide bonds. The van der Waals surface area contributed by atoms with E-state index in [1.165, 1.54) is 67.7 Å². The molecule has 0 aromatic heterocycles. The molecule has 2 aromatic rings. The second-order valence-electron chi connectivity index (χ2n) is 19.1. The number of benzene rings is 2. The van der Waals surface area contributed by atoms with Crippen LogP contribution in [0.4, 0.5) is 0 Å². The predicted octanol–water partition coefficient (Wildman–Crippen LogP) is 5.63. The van der Waals surface area contributed by atoms with Crippen LogP contribution in [0.3, 0.4) is 0 Å². The van der Waals surface area contributed by atoms with E-state index in [0.29, 0.717) is 57.9 Å². The fourth-order valence-corrected chi connectivity index (χ4v) is 10.2. The van der Waals surface area contributed by atoms with E-state index in [1.54, 1.807) is 58.1 Å². The zero-order valence-corrected chi connectivity index (χ0v) is 55.0. The van der Waals surface area contributed by atoms with Crippen LogP contribution in [-0.2, 0) is 38.2 Å². The molecule has 486 valence electrons. The lowest BCUT2D eigenvalue weighted by Gasteiger charge is -2.12. The van der Waals surface area contributed by atoms with Gasteiger partial charge in [0.2, 0.25) is 0 Å². The van der Waals surface area contributed by atoms with Crippen molar-refractivity contribution in [3.63, 3.8) is 0 Å². The summed E-state index contributed by atoms with van der Waals surface area (Å²) in [5.41, 5.74) is 2.65. The number of aliphatic carboxylic acids is 2. The number of carboxylic acids is 2. The molecule has 12 unspecified atom stereocenters. The maximum atomic E-state index is 10.9. The van der Waals surface area contributed by atoms with Gasteiger partial charge in [-0.2, -0.15) is 58.8 Å². The van der Waals surface area contributed by atoms with Gasteiger partial charge in [-0.3, -0.25) is 24.0 Å². The molecule has 2 aromatic carbocycles. The highest BCUT2D eigenvalue weighted by molar-refractivity contribution is 8.00. The van der Waals surface area contributed by atoms with Gasteiger partial charge >= 0.3 is 29.8 Å². The van der Waals surface area contributed by atoms with E-state index in [9.17, 15) is 34.2 Å². The third-order valence-electron chi connectivity index (χ3n) is 11.1. The van der Waals surface area contributed by atoms with Crippen molar-refractivity contribution >= 4 is 88.7 Å². The standard InChI is InChI=1S/2C12H18O2S.3C8H16O4S.2C5H10O2/c2*1-10(8-15-9-12(14)7-13)11-5-3-2-4-6-11;3*1-6(8(11)12-2)4-13-5-7(10)3-9;2*1-3-4(2)5(6)7/h2*2-6,10,12-14H,7-9H2,1H3;3*6-7,9-10H,3-5H2,1-2H3;2*4H,3H2,1-2H3,(H,6,7). The second-order valence-corrected chi connectivity index (χ2v) is 24.4. The summed E-state index contributed by atoms with van der Waals surface area (Å²) in [4.78, 5) is 52.6. The lowest BCUT2D eigenvalue weighted by molar-refractivity contribution is -0.144. The Balaban J connectivity index is -0.000000289. The fourth-order valence-electron chi connectivity index (χ4n) is 5.08. The normalized spacial score (nSPS) is 14.7. The summed E-state index contributed by atoms with van der Waals surface area (Å²) in [6.07, 6.45) is -1.83. The first-order valence-corrected chi connectivity index (χ1v) is 33.1. The molecule has 25 heteroatoms. The summed E-state index contributed by atoms with van der Waals surface area (Å²) in [6, 6.07) is 20.7. The third-order valence-corrected chi connectivity index (χ3v) is 17.8. The Labute approximate surface area is 516 Å². The number of carbonyl (C=O) groups is 5. The van der Waals surface area contributed by atoms with E-state index in [-0.39, 0.29) is 80.5 Å². The minimum Gasteiger partial charge on any atom is -0.481 e. The summed E-state index contributed by atoms with van der Waals surface area (Å²) < 4.78 is 13.6. The molecule has 0 aliphatic rings. The molecular formula is C58H104O20S5. The van der Waals surface area contributed by atoms with E-state index in [2.05, 4.69) is 52.3 Å². The van der Waals surface area contributed by atoms with Gasteiger partial charge in [-0.1, -0.05) is 123 Å². The van der Waals surface area contributed by atoms with Crippen molar-refractivity contribution in [1.29, 1.82) is 0 Å². The van der Waals surface area contributed by atoms with Crippen LogP contribution < -0.4 is 0 Å². The number of carboxylic acid groups (broad SMARTS) is 2. The summed E-state index contributed by atoms with van der Waals surface area (Å²) >= 11 is 7.64. The predicted molar refractivity (Wildman–Crippen MR) is 340 cm³/mol. The average molecular weight is 1280 g/mol. The summed E-state index contributed by atoms with van der Waals surface area (Å²) in [6.45, 7) is 15.8. The maximum Gasteiger partial charge on any atom is 0.309 e. The molecule has 12 atom stereocenters. The minimum absolute atomic E-state index is 0.146.